The molecule has 0 aliphatic rings. The van der Waals surface area contributed by atoms with Gasteiger partial charge >= 0.3 is 0 Å². The number of halogens is 1. The number of hydrogen-bond donors (Lipinski definition) is 0. The van der Waals surface area contributed by atoms with Crippen molar-refractivity contribution in [3.63, 3.8) is 0 Å². The molecule has 18 heavy (non-hydrogen) atoms. The van der Waals surface area contributed by atoms with E-state index >= 15 is 0 Å². The van der Waals surface area contributed by atoms with Gasteiger partial charge in [-0.25, -0.2) is 0 Å². The number of para-hydroxylation sites is 1. The molecule has 0 saturated carbocycles. The number of hydrogen-bond acceptors (Lipinski definition) is 2. The lowest BCUT2D eigenvalue weighted by Crippen LogP contribution is -1.91. The SMILES string of the molecule is O=[N+]([O-])c1ccccc1C#Cc1ccccc1I. The van der Waals surface area contributed by atoms with Crippen LogP contribution in [0.4, 0.5) is 5.69 Å². The molecular weight excluding hydrogens is 341 g/mol. The van der Waals surface area contributed by atoms with E-state index < -0.39 is 4.92 Å². The molecule has 2 aromatic carbocycles. The van der Waals surface area contributed by atoms with Crippen LogP contribution in [0.1, 0.15) is 11.1 Å². The summed E-state index contributed by atoms with van der Waals surface area (Å²) in [6.45, 7) is 0. The number of rotatable bonds is 1. The predicted octanol–water partition coefficient (Wildman–Crippen LogP) is 3.60. The van der Waals surface area contributed by atoms with Crippen molar-refractivity contribution >= 4 is 28.3 Å². The zero-order valence-corrected chi connectivity index (χ0v) is 11.4. The lowest BCUT2D eigenvalue weighted by Gasteiger charge is -1.95. The Labute approximate surface area is 118 Å². The van der Waals surface area contributed by atoms with E-state index in [1.54, 1.807) is 18.2 Å². The van der Waals surface area contributed by atoms with Gasteiger partial charge in [0.25, 0.3) is 5.69 Å². The van der Waals surface area contributed by atoms with E-state index in [2.05, 4.69) is 34.4 Å². The normalized spacial score (nSPS) is 9.39. The Morgan fingerprint density at radius 3 is 2.17 bits per heavy atom. The van der Waals surface area contributed by atoms with Crippen molar-refractivity contribution in [3.8, 4) is 11.8 Å². The fourth-order valence-corrected chi connectivity index (χ4v) is 1.96. The average molecular weight is 349 g/mol. The smallest absolute Gasteiger partial charge is 0.258 e. The van der Waals surface area contributed by atoms with Gasteiger partial charge in [-0.1, -0.05) is 36.1 Å². The summed E-state index contributed by atoms with van der Waals surface area (Å²) >= 11 is 2.19. The molecule has 0 heterocycles. The van der Waals surface area contributed by atoms with Gasteiger partial charge in [0.15, 0.2) is 0 Å². The zero-order valence-electron chi connectivity index (χ0n) is 9.26. The third kappa shape index (κ3) is 2.87. The molecule has 0 aliphatic heterocycles. The molecule has 4 heteroatoms. The molecule has 0 bridgehead atoms. The molecule has 0 fully saturated rings. The lowest BCUT2D eigenvalue weighted by molar-refractivity contribution is -0.385. The van der Waals surface area contributed by atoms with Gasteiger partial charge in [-0.3, -0.25) is 10.1 Å². The van der Waals surface area contributed by atoms with Crippen LogP contribution in [0.25, 0.3) is 0 Å². The monoisotopic (exact) mass is 349 g/mol. The van der Waals surface area contributed by atoms with Crippen molar-refractivity contribution in [1.29, 1.82) is 0 Å². The van der Waals surface area contributed by atoms with Gasteiger partial charge in [-0.05, 0) is 40.8 Å². The molecule has 0 amide bonds. The van der Waals surface area contributed by atoms with Gasteiger partial charge < -0.3 is 0 Å². The highest BCUT2D eigenvalue weighted by molar-refractivity contribution is 14.1. The number of nitro benzene ring substituents is 1. The maximum Gasteiger partial charge on any atom is 0.284 e. The van der Waals surface area contributed by atoms with Crippen LogP contribution in [0.2, 0.25) is 0 Å². The molecular formula is C14H8INO2. The molecule has 3 nitrogen and oxygen atoms in total. The topological polar surface area (TPSA) is 43.1 Å². The summed E-state index contributed by atoms with van der Waals surface area (Å²) in [7, 11) is 0. The van der Waals surface area contributed by atoms with Crippen molar-refractivity contribution in [1.82, 2.24) is 0 Å². The third-order valence-corrected chi connectivity index (χ3v) is 3.25. The molecule has 0 unspecified atom stereocenters. The molecule has 2 rings (SSSR count). The van der Waals surface area contributed by atoms with E-state index in [1.165, 1.54) is 6.07 Å². The van der Waals surface area contributed by atoms with Gasteiger partial charge in [0.2, 0.25) is 0 Å². The fourth-order valence-electron chi connectivity index (χ4n) is 1.44. The maximum absolute atomic E-state index is 10.8. The van der Waals surface area contributed by atoms with Crippen LogP contribution < -0.4 is 0 Å². The Bertz CT molecular complexity index is 656. The summed E-state index contributed by atoms with van der Waals surface area (Å²) < 4.78 is 1.03. The number of benzene rings is 2. The second kappa shape index (κ2) is 5.65. The minimum atomic E-state index is -0.417. The largest absolute Gasteiger partial charge is 0.284 e. The van der Waals surface area contributed by atoms with Crippen molar-refractivity contribution in [3.05, 3.63) is 73.3 Å². The maximum atomic E-state index is 10.8. The van der Waals surface area contributed by atoms with E-state index in [0.717, 1.165) is 9.13 Å². The lowest BCUT2D eigenvalue weighted by atomic mass is 10.1. The first kappa shape index (κ1) is 12.6. The summed E-state index contributed by atoms with van der Waals surface area (Å²) in [5, 5.41) is 10.8. The minimum Gasteiger partial charge on any atom is -0.258 e. The zero-order chi connectivity index (χ0) is 13.0. The van der Waals surface area contributed by atoms with Crippen LogP contribution in [0.3, 0.4) is 0 Å². The quantitative estimate of drug-likeness (QED) is 0.342. The van der Waals surface area contributed by atoms with Gasteiger partial charge in [0.1, 0.15) is 5.56 Å². The molecule has 0 atom stereocenters. The molecule has 2 aromatic rings. The summed E-state index contributed by atoms with van der Waals surface area (Å²) in [5.74, 6) is 5.82. The Hall–Kier alpha value is -1.87. The Morgan fingerprint density at radius 1 is 0.944 bits per heavy atom. The third-order valence-electron chi connectivity index (χ3n) is 2.31. The average Bonchev–Trinajstić information content (AvgIpc) is 2.38. The van der Waals surface area contributed by atoms with E-state index in [9.17, 15) is 10.1 Å². The molecule has 88 valence electrons. The number of nitrogens with zero attached hydrogens (tertiary/aromatic N) is 1. The van der Waals surface area contributed by atoms with Gasteiger partial charge in [-0.15, -0.1) is 0 Å². The van der Waals surface area contributed by atoms with Crippen molar-refractivity contribution in [2.24, 2.45) is 0 Å². The van der Waals surface area contributed by atoms with Crippen LogP contribution >= 0.6 is 22.6 Å². The second-order valence-corrected chi connectivity index (χ2v) is 4.67. The second-order valence-electron chi connectivity index (χ2n) is 3.50. The highest BCUT2D eigenvalue weighted by Crippen LogP contribution is 2.17. The highest BCUT2D eigenvalue weighted by atomic mass is 127. The Balaban J connectivity index is 2.42. The Morgan fingerprint density at radius 2 is 1.50 bits per heavy atom. The molecule has 0 saturated heterocycles. The standard InChI is InChI=1S/C14H8INO2/c15-13-7-3-1-5-11(13)9-10-12-6-2-4-8-14(12)16(17)18/h1-8H. The number of nitro groups is 1. The van der Waals surface area contributed by atoms with Gasteiger partial charge in [-0.2, -0.15) is 0 Å². The summed E-state index contributed by atoms with van der Waals surface area (Å²) in [4.78, 5) is 10.4. The fraction of sp³-hybridized carbons (Fsp3) is 0. The van der Waals surface area contributed by atoms with Crippen LogP contribution in [0.5, 0.6) is 0 Å². The minimum absolute atomic E-state index is 0.0379. The van der Waals surface area contributed by atoms with Crippen molar-refractivity contribution in [2.75, 3.05) is 0 Å². The first-order valence-electron chi connectivity index (χ1n) is 5.18. The predicted molar refractivity (Wildman–Crippen MR) is 78.2 cm³/mol. The van der Waals surface area contributed by atoms with Gasteiger partial charge in [0, 0.05) is 15.2 Å². The summed E-state index contributed by atoms with van der Waals surface area (Å²) in [5.41, 5.74) is 1.34. The molecule has 0 aromatic heterocycles. The molecule has 0 radical (unpaired) electrons. The van der Waals surface area contributed by atoms with E-state index in [0.29, 0.717) is 5.56 Å². The van der Waals surface area contributed by atoms with E-state index in [1.807, 2.05) is 24.3 Å². The molecule has 0 N–H and O–H groups in total. The Kier molecular flexibility index (Phi) is 3.95. The molecule has 0 aliphatic carbocycles. The summed E-state index contributed by atoms with van der Waals surface area (Å²) in [6.07, 6.45) is 0. The van der Waals surface area contributed by atoms with Crippen molar-refractivity contribution in [2.45, 2.75) is 0 Å². The van der Waals surface area contributed by atoms with E-state index in [-0.39, 0.29) is 5.69 Å². The van der Waals surface area contributed by atoms with Crippen LogP contribution in [-0.4, -0.2) is 4.92 Å². The first-order valence-corrected chi connectivity index (χ1v) is 6.26. The van der Waals surface area contributed by atoms with Crippen LogP contribution in [0, 0.1) is 25.5 Å². The van der Waals surface area contributed by atoms with Crippen LogP contribution in [0.15, 0.2) is 48.5 Å². The van der Waals surface area contributed by atoms with Crippen molar-refractivity contribution < 1.29 is 4.92 Å². The highest BCUT2D eigenvalue weighted by Gasteiger charge is 2.09. The summed E-state index contributed by atoms with van der Waals surface area (Å²) in [6, 6.07) is 14.2. The first-order chi connectivity index (χ1) is 8.68. The van der Waals surface area contributed by atoms with Crippen LogP contribution in [-0.2, 0) is 0 Å². The van der Waals surface area contributed by atoms with E-state index in [4.69, 9.17) is 0 Å². The van der Waals surface area contributed by atoms with Gasteiger partial charge in [0.05, 0.1) is 4.92 Å². The molecule has 0 spiro atoms.